The molecule has 0 bridgehead atoms. The molecule has 0 spiro atoms. The van der Waals surface area contributed by atoms with Crippen molar-refractivity contribution in [3.63, 3.8) is 0 Å². The summed E-state index contributed by atoms with van der Waals surface area (Å²) in [6.07, 6.45) is 1.76. The molecule has 2 aromatic carbocycles. The first-order valence-corrected chi connectivity index (χ1v) is 9.40. The number of carbonyl (C=O) groups is 1. The van der Waals surface area contributed by atoms with Crippen LogP contribution >= 0.6 is 0 Å². The molecule has 1 heterocycles. The number of hydrogen-bond donors (Lipinski definition) is 1. The fourth-order valence-electron chi connectivity index (χ4n) is 3.58. The summed E-state index contributed by atoms with van der Waals surface area (Å²) < 4.78 is 10.5. The molecule has 27 heavy (non-hydrogen) atoms. The van der Waals surface area contributed by atoms with Gasteiger partial charge >= 0.3 is 0 Å². The third-order valence-corrected chi connectivity index (χ3v) is 5.10. The van der Waals surface area contributed by atoms with Crippen LogP contribution < -0.4 is 14.8 Å². The van der Waals surface area contributed by atoms with Gasteiger partial charge in [0, 0.05) is 24.2 Å². The number of nitrogens with one attached hydrogen (secondary N) is 1. The number of carbonyl (C=O) groups excluding carboxylic acids is 1. The summed E-state index contributed by atoms with van der Waals surface area (Å²) in [6.45, 7) is 4.95. The van der Waals surface area contributed by atoms with E-state index in [-0.39, 0.29) is 11.8 Å². The molecule has 1 fully saturated rings. The number of amides is 1. The lowest BCUT2D eigenvalue weighted by Gasteiger charge is -2.31. The van der Waals surface area contributed by atoms with E-state index in [0.717, 1.165) is 38.2 Å². The molecule has 0 atom stereocenters. The van der Waals surface area contributed by atoms with Crippen LogP contribution in [0, 0.1) is 12.8 Å². The average molecular weight is 368 g/mol. The number of aryl methyl sites for hydroxylation is 1. The Morgan fingerprint density at radius 3 is 2.48 bits per heavy atom. The number of rotatable bonds is 6. The van der Waals surface area contributed by atoms with Crippen molar-refractivity contribution in [3.05, 3.63) is 53.6 Å². The van der Waals surface area contributed by atoms with Crippen LogP contribution in [0.4, 0.5) is 5.69 Å². The summed E-state index contributed by atoms with van der Waals surface area (Å²) in [5.41, 5.74) is 3.36. The van der Waals surface area contributed by atoms with Crippen molar-refractivity contribution in [1.29, 1.82) is 0 Å². The van der Waals surface area contributed by atoms with E-state index in [0.29, 0.717) is 11.5 Å². The first-order valence-electron chi connectivity index (χ1n) is 9.40. The van der Waals surface area contributed by atoms with Crippen LogP contribution in [-0.2, 0) is 11.3 Å². The minimum atomic E-state index is 0.0480. The van der Waals surface area contributed by atoms with Crippen LogP contribution in [0.1, 0.15) is 24.0 Å². The van der Waals surface area contributed by atoms with Gasteiger partial charge < -0.3 is 14.8 Å². The summed E-state index contributed by atoms with van der Waals surface area (Å²) in [6, 6.07) is 14.1. The van der Waals surface area contributed by atoms with E-state index in [2.05, 4.69) is 41.4 Å². The lowest BCUT2D eigenvalue weighted by atomic mass is 9.95. The van der Waals surface area contributed by atoms with Crippen molar-refractivity contribution in [1.82, 2.24) is 4.90 Å². The summed E-state index contributed by atoms with van der Waals surface area (Å²) >= 11 is 0. The van der Waals surface area contributed by atoms with Crippen molar-refractivity contribution in [2.75, 3.05) is 32.6 Å². The molecule has 0 saturated carbocycles. The van der Waals surface area contributed by atoms with E-state index >= 15 is 0 Å². The molecule has 0 unspecified atom stereocenters. The first-order chi connectivity index (χ1) is 13.1. The molecular formula is C22H28N2O3. The van der Waals surface area contributed by atoms with Gasteiger partial charge in [-0.2, -0.15) is 0 Å². The van der Waals surface area contributed by atoms with E-state index in [9.17, 15) is 4.79 Å². The molecule has 5 nitrogen and oxygen atoms in total. The fourth-order valence-corrected chi connectivity index (χ4v) is 3.58. The normalized spacial score (nSPS) is 15.4. The first kappa shape index (κ1) is 19.2. The second-order valence-electron chi connectivity index (χ2n) is 7.10. The summed E-state index contributed by atoms with van der Waals surface area (Å²) in [4.78, 5) is 15.1. The number of benzene rings is 2. The topological polar surface area (TPSA) is 50.8 Å². The third kappa shape index (κ3) is 5.01. The molecule has 3 rings (SSSR count). The number of ether oxygens (including phenoxy) is 2. The molecule has 1 N–H and O–H groups in total. The van der Waals surface area contributed by atoms with E-state index in [4.69, 9.17) is 9.47 Å². The predicted octanol–water partition coefficient (Wildman–Crippen LogP) is 3.86. The maximum absolute atomic E-state index is 12.6. The van der Waals surface area contributed by atoms with Crippen LogP contribution in [0.25, 0.3) is 0 Å². The molecule has 1 amide bonds. The highest BCUT2D eigenvalue weighted by Gasteiger charge is 2.25. The quantitative estimate of drug-likeness (QED) is 0.841. The maximum atomic E-state index is 12.6. The Bertz CT molecular complexity index is 783. The number of likely N-dealkylation sites (tertiary alicyclic amines) is 1. The smallest absolute Gasteiger partial charge is 0.227 e. The van der Waals surface area contributed by atoms with Gasteiger partial charge in [-0.25, -0.2) is 0 Å². The number of piperidine rings is 1. The molecular weight excluding hydrogens is 340 g/mol. The molecule has 144 valence electrons. The Labute approximate surface area is 161 Å². The van der Waals surface area contributed by atoms with Gasteiger partial charge in [-0.1, -0.05) is 29.8 Å². The molecule has 0 aliphatic carbocycles. The van der Waals surface area contributed by atoms with E-state index in [1.165, 1.54) is 11.1 Å². The highest BCUT2D eigenvalue weighted by atomic mass is 16.5. The molecule has 0 radical (unpaired) electrons. The number of methoxy groups -OCH3 is 2. The number of hydrogen-bond acceptors (Lipinski definition) is 4. The highest BCUT2D eigenvalue weighted by Crippen LogP contribution is 2.30. The van der Waals surface area contributed by atoms with Gasteiger partial charge in [0.1, 0.15) is 0 Å². The molecule has 1 saturated heterocycles. The predicted molar refractivity (Wildman–Crippen MR) is 107 cm³/mol. The van der Waals surface area contributed by atoms with Gasteiger partial charge in [0.25, 0.3) is 0 Å². The molecule has 0 aromatic heterocycles. The SMILES string of the molecule is COc1ccc(NC(=O)C2CCN(Cc3cccc(C)c3)CC2)cc1OC. The Kier molecular flexibility index (Phi) is 6.35. The van der Waals surface area contributed by atoms with Crippen molar-refractivity contribution in [2.24, 2.45) is 5.92 Å². The third-order valence-electron chi connectivity index (χ3n) is 5.10. The molecule has 5 heteroatoms. The highest BCUT2D eigenvalue weighted by molar-refractivity contribution is 5.93. The van der Waals surface area contributed by atoms with Crippen molar-refractivity contribution < 1.29 is 14.3 Å². The van der Waals surface area contributed by atoms with Crippen LogP contribution in [0.15, 0.2) is 42.5 Å². The number of anilines is 1. The number of nitrogens with zero attached hydrogens (tertiary/aromatic N) is 1. The standard InChI is InChI=1S/C22H28N2O3/c1-16-5-4-6-17(13-16)15-24-11-9-18(10-12-24)22(25)23-19-7-8-20(26-2)21(14-19)27-3/h4-8,13-14,18H,9-12,15H2,1-3H3,(H,23,25). The Hall–Kier alpha value is -2.53. The largest absolute Gasteiger partial charge is 0.493 e. The van der Waals surface area contributed by atoms with Crippen LogP contribution in [0.3, 0.4) is 0 Å². The Morgan fingerprint density at radius 1 is 1.07 bits per heavy atom. The van der Waals surface area contributed by atoms with E-state index in [1.807, 2.05) is 6.07 Å². The lowest BCUT2D eigenvalue weighted by molar-refractivity contribution is -0.121. The van der Waals surface area contributed by atoms with Crippen LogP contribution in [0.2, 0.25) is 0 Å². The van der Waals surface area contributed by atoms with E-state index in [1.54, 1.807) is 26.4 Å². The monoisotopic (exact) mass is 368 g/mol. The Balaban J connectivity index is 1.52. The van der Waals surface area contributed by atoms with Crippen LogP contribution in [-0.4, -0.2) is 38.1 Å². The molecule has 1 aliphatic rings. The lowest BCUT2D eigenvalue weighted by Crippen LogP contribution is -2.37. The van der Waals surface area contributed by atoms with Gasteiger partial charge in [0.2, 0.25) is 5.91 Å². The van der Waals surface area contributed by atoms with Crippen molar-refractivity contribution >= 4 is 11.6 Å². The zero-order valence-electron chi connectivity index (χ0n) is 16.3. The van der Waals surface area contributed by atoms with Crippen LogP contribution in [0.5, 0.6) is 11.5 Å². The maximum Gasteiger partial charge on any atom is 0.227 e. The van der Waals surface area contributed by atoms with Gasteiger partial charge in [-0.3, -0.25) is 9.69 Å². The zero-order valence-corrected chi connectivity index (χ0v) is 16.3. The summed E-state index contributed by atoms with van der Waals surface area (Å²) in [7, 11) is 3.19. The van der Waals surface area contributed by atoms with Crippen molar-refractivity contribution in [2.45, 2.75) is 26.3 Å². The van der Waals surface area contributed by atoms with Crippen molar-refractivity contribution in [3.8, 4) is 11.5 Å². The zero-order chi connectivity index (χ0) is 19.2. The Morgan fingerprint density at radius 2 is 1.81 bits per heavy atom. The van der Waals surface area contributed by atoms with Gasteiger partial charge in [-0.05, 0) is 50.6 Å². The fraction of sp³-hybridized carbons (Fsp3) is 0.409. The van der Waals surface area contributed by atoms with Gasteiger partial charge in [0.05, 0.1) is 14.2 Å². The second-order valence-corrected chi connectivity index (χ2v) is 7.10. The van der Waals surface area contributed by atoms with E-state index < -0.39 is 0 Å². The molecule has 2 aromatic rings. The summed E-state index contributed by atoms with van der Waals surface area (Å²) in [5.74, 6) is 1.40. The minimum absolute atomic E-state index is 0.0480. The van der Waals surface area contributed by atoms with Gasteiger partial charge in [0.15, 0.2) is 11.5 Å². The van der Waals surface area contributed by atoms with Gasteiger partial charge in [-0.15, -0.1) is 0 Å². The molecule has 1 aliphatic heterocycles. The summed E-state index contributed by atoms with van der Waals surface area (Å²) in [5, 5.41) is 3.02. The minimum Gasteiger partial charge on any atom is -0.493 e. The second kappa shape index (κ2) is 8.91. The average Bonchev–Trinajstić information content (AvgIpc) is 2.68.